The van der Waals surface area contributed by atoms with Gasteiger partial charge in [-0.05, 0) is 12.1 Å². The van der Waals surface area contributed by atoms with Crippen molar-refractivity contribution in [3.63, 3.8) is 0 Å². The summed E-state index contributed by atoms with van der Waals surface area (Å²) in [6.07, 6.45) is 0. The van der Waals surface area contributed by atoms with Gasteiger partial charge in [-0.2, -0.15) is 0 Å². The zero-order valence-corrected chi connectivity index (χ0v) is 16.3. The average Bonchev–Trinajstić information content (AvgIpc) is 2.70. The molecule has 0 amide bonds. The number of nitrogens with one attached hydrogen (secondary N) is 2. The van der Waals surface area contributed by atoms with E-state index in [1.165, 1.54) is 0 Å². The van der Waals surface area contributed by atoms with Crippen LogP contribution in [0.25, 0.3) is 0 Å². The first-order chi connectivity index (χ1) is 13.4. The largest absolute Gasteiger partial charge is 0.488 e. The summed E-state index contributed by atoms with van der Waals surface area (Å²) in [6, 6.07) is 7.97. The van der Waals surface area contributed by atoms with Gasteiger partial charge in [0.2, 0.25) is 0 Å². The number of benzene rings is 1. The Kier molecular flexibility index (Phi) is 9.16. The van der Waals surface area contributed by atoms with Crippen LogP contribution >= 0.6 is 0 Å². The van der Waals surface area contributed by atoms with Crippen molar-refractivity contribution in [2.24, 2.45) is 0 Å². The van der Waals surface area contributed by atoms with Gasteiger partial charge < -0.3 is 24.8 Å². The van der Waals surface area contributed by atoms with Gasteiger partial charge >= 0.3 is 0 Å². The van der Waals surface area contributed by atoms with Crippen LogP contribution in [0.15, 0.2) is 24.3 Å². The molecular formula is C20H34N4O3. The Morgan fingerprint density at radius 2 is 1.07 bits per heavy atom. The van der Waals surface area contributed by atoms with E-state index in [0.29, 0.717) is 13.2 Å². The number of fused-ring (bicyclic) bond motifs is 7. The molecule has 0 radical (unpaired) electrons. The first-order valence-electron chi connectivity index (χ1n) is 10.2. The Morgan fingerprint density at radius 1 is 0.593 bits per heavy atom. The van der Waals surface area contributed by atoms with E-state index in [1.54, 1.807) is 0 Å². The van der Waals surface area contributed by atoms with Crippen LogP contribution in [-0.4, -0.2) is 102 Å². The molecule has 7 nitrogen and oxygen atoms in total. The van der Waals surface area contributed by atoms with Crippen LogP contribution in [0.1, 0.15) is 0 Å². The molecule has 27 heavy (non-hydrogen) atoms. The molecule has 1 fully saturated rings. The molecule has 152 valence electrons. The van der Waals surface area contributed by atoms with Crippen molar-refractivity contribution in [1.29, 1.82) is 0 Å². The number of rotatable bonds is 0. The van der Waals surface area contributed by atoms with E-state index in [0.717, 1.165) is 90.2 Å². The monoisotopic (exact) mass is 378 g/mol. The van der Waals surface area contributed by atoms with Crippen molar-refractivity contribution in [2.45, 2.75) is 0 Å². The van der Waals surface area contributed by atoms with Crippen molar-refractivity contribution in [1.82, 2.24) is 20.4 Å². The van der Waals surface area contributed by atoms with E-state index in [-0.39, 0.29) is 0 Å². The van der Waals surface area contributed by atoms with Crippen molar-refractivity contribution in [3.8, 4) is 11.5 Å². The van der Waals surface area contributed by atoms with Crippen LogP contribution in [0.4, 0.5) is 0 Å². The minimum absolute atomic E-state index is 0.647. The highest BCUT2D eigenvalue weighted by Gasteiger charge is 2.11. The van der Waals surface area contributed by atoms with Gasteiger partial charge in [0.25, 0.3) is 0 Å². The Labute approximate surface area is 162 Å². The maximum Gasteiger partial charge on any atom is 0.161 e. The Balaban J connectivity index is 1.69. The second kappa shape index (κ2) is 12.2. The van der Waals surface area contributed by atoms with E-state index in [2.05, 4.69) is 20.4 Å². The predicted octanol–water partition coefficient (Wildman–Crippen LogP) is 0.271. The summed E-state index contributed by atoms with van der Waals surface area (Å²) in [5.74, 6) is 1.66. The summed E-state index contributed by atoms with van der Waals surface area (Å²) in [5, 5.41) is 7.04. The molecule has 2 unspecified atom stereocenters. The van der Waals surface area contributed by atoms with Crippen LogP contribution in [0, 0.1) is 0 Å². The molecule has 1 aromatic rings. The smallest absolute Gasteiger partial charge is 0.161 e. The molecule has 0 aromatic heterocycles. The van der Waals surface area contributed by atoms with Crippen molar-refractivity contribution in [3.05, 3.63) is 24.3 Å². The number of hydrogen-bond donors (Lipinski definition) is 2. The fraction of sp³-hybridized carbons (Fsp3) is 0.700. The van der Waals surface area contributed by atoms with Gasteiger partial charge in [0.15, 0.2) is 11.5 Å². The van der Waals surface area contributed by atoms with Gasteiger partial charge in [-0.25, -0.2) is 0 Å². The van der Waals surface area contributed by atoms with Crippen LogP contribution in [0.5, 0.6) is 11.5 Å². The number of hydrogen-bond acceptors (Lipinski definition) is 7. The van der Waals surface area contributed by atoms with Crippen molar-refractivity contribution >= 4 is 0 Å². The molecule has 0 aliphatic carbocycles. The summed E-state index contributed by atoms with van der Waals surface area (Å²) >= 11 is 0. The Hall–Kier alpha value is -1.38. The van der Waals surface area contributed by atoms with E-state index in [9.17, 15) is 0 Å². The molecule has 2 aliphatic heterocycles. The van der Waals surface area contributed by atoms with Gasteiger partial charge in [0.05, 0.1) is 13.2 Å². The van der Waals surface area contributed by atoms with E-state index >= 15 is 0 Å². The molecule has 1 saturated heterocycles. The number of ether oxygens (including phenoxy) is 3. The molecule has 0 saturated carbocycles. The first kappa shape index (κ1) is 20.4. The third-order valence-electron chi connectivity index (χ3n) is 4.97. The molecule has 2 N–H and O–H groups in total. The molecule has 2 heterocycles. The van der Waals surface area contributed by atoms with Gasteiger partial charge in [-0.15, -0.1) is 0 Å². The SMILES string of the molecule is c1ccc2c(c1)OCCN1CCNCCNCCN(CCOCC1)CCO2. The molecular weight excluding hydrogens is 344 g/mol. The van der Waals surface area contributed by atoms with Gasteiger partial charge in [-0.1, -0.05) is 12.1 Å². The highest BCUT2D eigenvalue weighted by molar-refractivity contribution is 5.39. The second-order valence-corrected chi connectivity index (χ2v) is 6.94. The summed E-state index contributed by atoms with van der Waals surface area (Å²) < 4.78 is 18.0. The van der Waals surface area contributed by atoms with Crippen LogP contribution < -0.4 is 20.1 Å². The molecule has 0 spiro atoms. The summed E-state index contributed by atoms with van der Waals surface area (Å²) in [5.41, 5.74) is 0. The van der Waals surface area contributed by atoms with E-state index in [4.69, 9.17) is 14.2 Å². The quantitative estimate of drug-likeness (QED) is 0.629. The second-order valence-electron chi connectivity index (χ2n) is 6.94. The molecule has 2 aliphatic rings. The lowest BCUT2D eigenvalue weighted by Gasteiger charge is -2.23. The average molecular weight is 379 g/mol. The Bertz CT molecular complexity index is 487. The fourth-order valence-electron chi connectivity index (χ4n) is 3.32. The third-order valence-corrected chi connectivity index (χ3v) is 4.97. The maximum absolute atomic E-state index is 6.03. The Morgan fingerprint density at radius 3 is 1.59 bits per heavy atom. The minimum atomic E-state index is 0.647. The number of para-hydroxylation sites is 2. The topological polar surface area (TPSA) is 58.2 Å². The van der Waals surface area contributed by atoms with Crippen molar-refractivity contribution < 1.29 is 14.2 Å². The lowest BCUT2D eigenvalue weighted by Crippen LogP contribution is -2.39. The molecule has 1 aromatic carbocycles. The first-order valence-corrected chi connectivity index (χ1v) is 10.2. The summed E-state index contributed by atoms with van der Waals surface area (Å²) in [4.78, 5) is 4.81. The van der Waals surface area contributed by atoms with Crippen LogP contribution in [0.3, 0.4) is 0 Å². The fourth-order valence-corrected chi connectivity index (χ4v) is 3.32. The predicted molar refractivity (Wildman–Crippen MR) is 107 cm³/mol. The summed E-state index contributed by atoms with van der Waals surface area (Å²) in [6.45, 7) is 12.4. The van der Waals surface area contributed by atoms with Gasteiger partial charge in [0.1, 0.15) is 13.2 Å². The van der Waals surface area contributed by atoms with Crippen LogP contribution in [0.2, 0.25) is 0 Å². The normalized spacial score (nSPS) is 26.8. The summed E-state index contributed by atoms with van der Waals surface area (Å²) in [7, 11) is 0. The van der Waals surface area contributed by atoms with Gasteiger partial charge in [0, 0.05) is 65.4 Å². The molecule has 2 atom stereocenters. The maximum atomic E-state index is 6.03. The van der Waals surface area contributed by atoms with Gasteiger partial charge in [-0.3, -0.25) is 9.80 Å². The highest BCUT2D eigenvalue weighted by atomic mass is 16.5. The number of nitrogens with zero attached hydrogens (tertiary/aromatic N) is 2. The standard InChI is InChI=1S/C20H34N4O3/c1-2-4-20-19(3-1)26-17-13-23-9-7-21-5-6-22-8-10-24(14-18-27-20)12-16-25-15-11-23/h1-4,21-22H,5-18H2. The van der Waals surface area contributed by atoms with Crippen LogP contribution in [-0.2, 0) is 4.74 Å². The molecule has 2 bridgehead atoms. The van der Waals surface area contributed by atoms with E-state index in [1.807, 2.05) is 24.3 Å². The highest BCUT2D eigenvalue weighted by Crippen LogP contribution is 2.26. The van der Waals surface area contributed by atoms with E-state index < -0.39 is 0 Å². The molecule has 3 rings (SSSR count). The lowest BCUT2D eigenvalue weighted by molar-refractivity contribution is 0.0783. The third kappa shape index (κ3) is 7.63. The molecule has 7 heteroatoms. The zero-order chi connectivity index (χ0) is 18.6. The minimum Gasteiger partial charge on any atom is -0.488 e. The zero-order valence-electron chi connectivity index (χ0n) is 16.3. The lowest BCUT2D eigenvalue weighted by atomic mass is 10.3. The van der Waals surface area contributed by atoms with Crippen molar-refractivity contribution in [2.75, 3.05) is 91.9 Å².